The van der Waals surface area contributed by atoms with Crippen molar-refractivity contribution in [2.75, 3.05) is 6.26 Å². The summed E-state index contributed by atoms with van der Waals surface area (Å²) in [6.45, 7) is 1.49. The molecule has 0 N–H and O–H groups in total. The molecule has 84 valence electrons. The number of nitrogens with zero attached hydrogens (tertiary/aromatic N) is 2. The molecule has 0 bridgehead atoms. The van der Waals surface area contributed by atoms with Gasteiger partial charge in [-0.05, 0) is 13.0 Å². The van der Waals surface area contributed by atoms with Gasteiger partial charge in [0.1, 0.15) is 16.3 Å². The number of fused-ring (bicyclic) bond motifs is 1. The zero-order valence-corrected chi connectivity index (χ0v) is 9.65. The Morgan fingerprint density at radius 1 is 1.38 bits per heavy atom. The number of benzene rings is 1. The maximum absolute atomic E-state index is 11.9. The highest BCUT2D eigenvalue weighted by atomic mass is 32.2. The lowest BCUT2D eigenvalue weighted by Gasteiger charge is -2.15. The number of hydrogen-bond acceptors (Lipinski definition) is 3. The average Bonchev–Trinajstić information content (AvgIpc) is 2.26. The van der Waals surface area contributed by atoms with Crippen molar-refractivity contribution >= 4 is 21.8 Å². The van der Waals surface area contributed by atoms with Crippen molar-refractivity contribution in [2.24, 2.45) is 0 Å². The Morgan fingerprint density at radius 2 is 2.00 bits per heavy atom. The predicted octanol–water partition coefficient (Wildman–Crippen LogP) is 0.948. The normalized spacial score (nSPS) is 12.9. The molecule has 2 aromatic rings. The Labute approximate surface area is 94.0 Å². The summed E-state index contributed by atoms with van der Waals surface area (Å²) in [7, 11) is -1.49. The van der Waals surface area contributed by atoms with Gasteiger partial charge in [-0.25, -0.2) is 4.21 Å². The van der Waals surface area contributed by atoms with Gasteiger partial charge in [-0.1, -0.05) is 12.1 Å². The Balaban J connectivity index is 3.07. The van der Waals surface area contributed by atoms with Gasteiger partial charge in [0.25, 0.3) is 5.52 Å². The van der Waals surface area contributed by atoms with Gasteiger partial charge in [-0.15, -0.1) is 0 Å². The largest absolute Gasteiger partial charge is 0.805 e. The number of rotatable bonds is 1. The van der Waals surface area contributed by atoms with Crippen LogP contribution in [0.2, 0.25) is 0 Å². The molecule has 0 aliphatic carbocycles. The molecule has 5 nitrogen and oxygen atoms in total. The molecule has 0 aliphatic rings. The molecule has 1 aromatic carbocycles. The summed E-state index contributed by atoms with van der Waals surface area (Å²) < 4.78 is 12.6. The molecular formula is C10H10N2O3S. The van der Waals surface area contributed by atoms with E-state index < -0.39 is 10.8 Å². The zero-order chi connectivity index (χ0) is 11.9. The second-order valence-electron chi connectivity index (χ2n) is 3.42. The molecule has 0 radical (unpaired) electrons. The van der Waals surface area contributed by atoms with Gasteiger partial charge in [-0.3, -0.25) is 0 Å². The van der Waals surface area contributed by atoms with Crippen LogP contribution in [0.1, 0.15) is 5.69 Å². The van der Waals surface area contributed by atoms with Crippen molar-refractivity contribution in [1.82, 2.24) is 4.73 Å². The maximum atomic E-state index is 11.9. The first-order valence-corrected chi connectivity index (χ1v) is 6.17. The van der Waals surface area contributed by atoms with Crippen molar-refractivity contribution in [3.05, 3.63) is 40.1 Å². The van der Waals surface area contributed by atoms with E-state index in [2.05, 4.69) is 0 Å². The zero-order valence-electron chi connectivity index (χ0n) is 8.84. The summed E-state index contributed by atoms with van der Waals surface area (Å²) in [5, 5.41) is 11.8. The smallest absolute Gasteiger partial charge is 0.345 e. The quantitative estimate of drug-likeness (QED) is 0.694. The number of aromatic nitrogens is 2. The molecule has 1 unspecified atom stereocenters. The summed E-state index contributed by atoms with van der Waals surface area (Å²) in [5.41, 5.74) is 0.687. The molecule has 0 saturated heterocycles. The number of hydrogen-bond donors (Lipinski definition) is 0. The monoisotopic (exact) mass is 238 g/mol. The molecular weight excluding hydrogens is 228 g/mol. The van der Waals surface area contributed by atoms with Crippen LogP contribution < -0.4 is 4.43 Å². The van der Waals surface area contributed by atoms with Gasteiger partial charge in [0.05, 0.1) is 10.1 Å². The van der Waals surface area contributed by atoms with E-state index in [0.29, 0.717) is 9.16 Å². The molecule has 0 amide bonds. The Morgan fingerprint density at radius 3 is 2.62 bits per heavy atom. The van der Waals surface area contributed by atoms with Crippen LogP contribution in [-0.4, -0.2) is 15.2 Å². The van der Waals surface area contributed by atoms with Crippen LogP contribution >= 0.6 is 0 Å². The van der Waals surface area contributed by atoms with Gasteiger partial charge in [-0.2, -0.15) is 0 Å². The fourth-order valence-electron chi connectivity index (χ4n) is 1.66. The first-order chi connectivity index (χ1) is 7.54. The van der Waals surface area contributed by atoms with E-state index in [0.717, 1.165) is 0 Å². The van der Waals surface area contributed by atoms with Crippen molar-refractivity contribution in [3.63, 3.8) is 0 Å². The molecule has 1 heterocycles. The molecule has 0 spiro atoms. The van der Waals surface area contributed by atoms with Gasteiger partial charge < -0.3 is 9.94 Å². The summed E-state index contributed by atoms with van der Waals surface area (Å²) in [5.74, 6) is 0. The van der Waals surface area contributed by atoms with E-state index in [-0.39, 0.29) is 21.8 Å². The predicted molar refractivity (Wildman–Crippen MR) is 61.1 cm³/mol. The van der Waals surface area contributed by atoms with Crippen molar-refractivity contribution < 1.29 is 8.64 Å². The van der Waals surface area contributed by atoms with Crippen molar-refractivity contribution in [3.8, 4) is 0 Å². The maximum Gasteiger partial charge on any atom is 0.345 e. The Bertz CT molecular complexity index is 648. The van der Waals surface area contributed by atoms with E-state index in [1.165, 1.54) is 19.2 Å². The SMILES string of the molecule is Cc1c(S(C)=O)[n+](=O)c2ccccc2n1[O-]. The van der Waals surface area contributed by atoms with E-state index in [1.807, 2.05) is 0 Å². The van der Waals surface area contributed by atoms with Crippen LogP contribution in [0.3, 0.4) is 0 Å². The molecule has 1 atom stereocenters. The van der Waals surface area contributed by atoms with Crippen molar-refractivity contribution in [1.29, 1.82) is 0 Å². The van der Waals surface area contributed by atoms with Crippen LogP contribution in [-0.2, 0) is 10.8 Å². The van der Waals surface area contributed by atoms with E-state index >= 15 is 0 Å². The van der Waals surface area contributed by atoms with Crippen LogP contribution in [0.25, 0.3) is 11.0 Å². The number of para-hydroxylation sites is 2. The third-order valence-electron chi connectivity index (χ3n) is 2.39. The van der Waals surface area contributed by atoms with Crippen LogP contribution in [0.15, 0.2) is 29.3 Å². The minimum absolute atomic E-state index is 0.00806. The third-order valence-corrected chi connectivity index (χ3v) is 3.40. The fourth-order valence-corrected chi connectivity index (χ4v) is 2.49. The van der Waals surface area contributed by atoms with E-state index in [1.54, 1.807) is 18.2 Å². The molecule has 0 aliphatic heterocycles. The van der Waals surface area contributed by atoms with E-state index in [4.69, 9.17) is 0 Å². The second kappa shape index (κ2) is 3.71. The lowest BCUT2D eigenvalue weighted by Crippen LogP contribution is -2.27. The summed E-state index contributed by atoms with van der Waals surface area (Å²) in [6, 6.07) is 6.44. The highest BCUT2D eigenvalue weighted by molar-refractivity contribution is 7.84. The molecule has 6 heteroatoms. The third kappa shape index (κ3) is 1.42. The van der Waals surface area contributed by atoms with Crippen molar-refractivity contribution in [2.45, 2.75) is 11.9 Å². The molecule has 2 rings (SSSR count). The lowest BCUT2D eigenvalue weighted by molar-refractivity contribution is -0.511. The molecule has 16 heavy (non-hydrogen) atoms. The highest BCUT2D eigenvalue weighted by Crippen LogP contribution is 2.14. The minimum atomic E-state index is -1.49. The highest BCUT2D eigenvalue weighted by Gasteiger charge is 2.22. The van der Waals surface area contributed by atoms with Gasteiger partial charge in [0.2, 0.25) is 0 Å². The Kier molecular flexibility index (Phi) is 2.51. The molecule has 0 saturated carbocycles. The molecule has 1 aromatic heterocycles. The van der Waals surface area contributed by atoms with Gasteiger partial charge in [0, 0.05) is 17.2 Å². The first kappa shape index (κ1) is 10.8. The fraction of sp³-hybridized carbons (Fsp3) is 0.200. The standard InChI is InChI=1S/C10H10N2O3S/c1-7-10(16(2)15)12(14)9-6-4-3-5-8(9)11(7)13/h3-6H,1-2H3. The molecule has 0 fully saturated rings. The van der Waals surface area contributed by atoms with Crippen LogP contribution in [0, 0.1) is 17.0 Å². The van der Waals surface area contributed by atoms with E-state index in [9.17, 15) is 14.3 Å². The lowest BCUT2D eigenvalue weighted by atomic mass is 10.3. The second-order valence-corrected chi connectivity index (χ2v) is 4.72. The average molecular weight is 238 g/mol. The topological polar surface area (TPSA) is 68.0 Å². The Hall–Kier alpha value is -1.69. The van der Waals surface area contributed by atoms with Gasteiger partial charge >= 0.3 is 5.03 Å². The summed E-state index contributed by atoms with van der Waals surface area (Å²) in [6.07, 6.45) is 1.38. The first-order valence-electron chi connectivity index (χ1n) is 4.62. The van der Waals surface area contributed by atoms with Crippen LogP contribution in [0.4, 0.5) is 0 Å². The summed E-state index contributed by atoms with van der Waals surface area (Å²) >= 11 is 0. The van der Waals surface area contributed by atoms with Gasteiger partial charge in [0.15, 0.2) is 0 Å². The summed E-state index contributed by atoms with van der Waals surface area (Å²) in [4.78, 5) is 11.9. The minimum Gasteiger partial charge on any atom is -0.805 e. The van der Waals surface area contributed by atoms with Crippen LogP contribution in [0.5, 0.6) is 0 Å².